The van der Waals surface area contributed by atoms with Crippen LogP contribution >= 0.6 is 0 Å². The molecule has 0 saturated carbocycles. The second-order valence-corrected chi connectivity index (χ2v) is 10.1. The van der Waals surface area contributed by atoms with Gasteiger partial charge in [0.05, 0.1) is 0 Å². The van der Waals surface area contributed by atoms with E-state index in [0.29, 0.717) is 18.4 Å². The Hall–Kier alpha value is -3.62. The molecule has 0 aromatic heterocycles. The highest BCUT2D eigenvalue weighted by Crippen LogP contribution is 2.29. The molecule has 0 unspecified atom stereocenters. The van der Waals surface area contributed by atoms with Gasteiger partial charge in [-0.2, -0.15) is 0 Å². The first-order chi connectivity index (χ1) is 19.2. The van der Waals surface area contributed by atoms with Crippen molar-refractivity contribution in [2.45, 2.75) is 44.6 Å². The third kappa shape index (κ3) is 10.2. The number of hydrogen-bond acceptors (Lipinski definition) is 4. The van der Waals surface area contributed by atoms with Crippen LogP contribution in [0.15, 0.2) is 78.9 Å². The van der Waals surface area contributed by atoms with Crippen LogP contribution in [0, 0.1) is 17.6 Å². The van der Waals surface area contributed by atoms with Crippen molar-refractivity contribution in [1.82, 2.24) is 4.90 Å². The molecule has 1 heterocycles. The fourth-order valence-electron chi connectivity index (χ4n) is 4.84. The molecule has 0 radical (unpaired) electrons. The Balaban J connectivity index is 0.000000663. The molecule has 8 heteroatoms. The average molecular weight is 554 g/mol. The van der Waals surface area contributed by atoms with Crippen molar-refractivity contribution in [2.75, 3.05) is 26.2 Å². The summed E-state index contributed by atoms with van der Waals surface area (Å²) in [6, 6.07) is 23.6. The molecule has 1 aliphatic heterocycles. The van der Waals surface area contributed by atoms with E-state index >= 15 is 0 Å². The van der Waals surface area contributed by atoms with Crippen molar-refractivity contribution in [1.29, 1.82) is 0 Å². The van der Waals surface area contributed by atoms with Gasteiger partial charge in [-0.3, -0.25) is 0 Å². The van der Waals surface area contributed by atoms with Gasteiger partial charge in [0.15, 0.2) is 0 Å². The Labute approximate surface area is 234 Å². The van der Waals surface area contributed by atoms with Gasteiger partial charge in [-0.15, -0.1) is 0 Å². The van der Waals surface area contributed by atoms with Crippen LogP contribution < -0.4 is 0 Å². The van der Waals surface area contributed by atoms with Gasteiger partial charge in [0.25, 0.3) is 0 Å². The number of nitrogens with zero attached hydrogens (tertiary/aromatic N) is 1. The number of carbonyl (C=O) groups is 2. The maximum absolute atomic E-state index is 13.4. The number of aliphatic carboxylic acids is 2. The molecule has 0 amide bonds. The van der Waals surface area contributed by atoms with Gasteiger partial charge in [0.2, 0.25) is 0 Å². The predicted octanol–water partition coefficient (Wildman–Crippen LogP) is 6.52. The summed E-state index contributed by atoms with van der Waals surface area (Å²) in [6.45, 7) is 6.39. The zero-order valence-electron chi connectivity index (χ0n) is 22.7. The lowest BCUT2D eigenvalue weighted by Gasteiger charge is -2.33. The van der Waals surface area contributed by atoms with Crippen molar-refractivity contribution in [3.63, 3.8) is 0 Å². The zero-order chi connectivity index (χ0) is 28.9. The lowest BCUT2D eigenvalue weighted by molar-refractivity contribution is -0.159. The number of ether oxygens (including phenoxy) is 1. The topological polar surface area (TPSA) is 87.1 Å². The number of carboxylic acids is 2. The minimum Gasteiger partial charge on any atom is -0.473 e. The molecule has 0 aliphatic carbocycles. The highest BCUT2D eigenvalue weighted by molar-refractivity contribution is 6.27. The summed E-state index contributed by atoms with van der Waals surface area (Å²) in [4.78, 5) is 20.8. The molecule has 2 N–H and O–H groups in total. The second-order valence-electron chi connectivity index (χ2n) is 10.1. The molecular formula is C32H37F2NO5. The molecule has 1 aliphatic rings. The lowest BCUT2D eigenvalue weighted by Crippen LogP contribution is -2.35. The van der Waals surface area contributed by atoms with E-state index < -0.39 is 11.9 Å². The van der Waals surface area contributed by atoms with Crippen LogP contribution in [-0.4, -0.2) is 53.3 Å². The van der Waals surface area contributed by atoms with Crippen LogP contribution in [0.3, 0.4) is 0 Å². The molecule has 0 spiro atoms. The predicted molar refractivity (Wildman–Crippen MR) is 149 cm³/mol. The second kappa shape index (κ2) is 15.8. The lowest BCUT2D eigenvalue weighted by atomic mass is 9.92. The fraction of sp³-hybridized carbons (Fsp3) is 0.375. The van der Waals surface area contributed by atoms with Crippen molar-refractivity contribution in [3.8, 4) is 0 Å². The van der Waals surface area contributed by atoms with Crippen LogP contribution in [0.25, 0.3) is 0 Å². The summed E-state index contributed by atoms with van der Waals surface area (Å²) < 4.78 is 33.1. The highest BCUT2D eigenvalue weighted by Gasteiger charge is 2.21. The molecule has 40 heavy (non-hydrogen) atoms. The van der Waals surface area contributed by atoms with Crippen LogP contribution in [0.4, 0.5) is 8.78 Å². The first kappa shape index (κ1) is 30.9. The van der Waals surface area contributed by atoms with Gasteiger partial charge >= 0.3 is 11.9 Å². The minimum atomic E-state index is -1.82. The molecule has 3 aromatic carbocycles. The van der Waals surface area contributed by atoms with E-state index in [9.17, 15) is 8.78 Å². The number of rotatable bonds is 10. The van der Waals surface area contributed by atoms with E-state index in [1.165, 1.54) is 49.1 Å². The van der Waals surface area contributed by atoms with E-state index in [1.54, 1.807) is 24.3 Å². The molecule has 6 nitrogen and oxygen atoms in total. The first-order valence-electron chi connectivity index (χ1n) is 13.6. The Morgan fingerprint density at radius 3 is 1.80 bits per heavy atom. The monoisotopic (exact) mass is 553 g/mol. The fourth-order valence-corrected chi connectivity index (χ4v) is 4.84. The van der Waals surface area contributed by atoms with Crippen LogP contribution in [0.5, 0.6) is 0 Å². The Bertz CT molecular complexity index is 1120. The van der Waals surface area contributed by atoms with Crippen molar-refractivity contribution in [2.24, 2.45) is 5.92 Å². The molecule has 214 valence electrons. The minimum absolute atomic E-state index is 0.272. The number of carboxylic acid groups (broad SMARTS) is 2. The summed E-state index contributed by atoms with van der Waals surface area (Å²) in [6.07, 6.45) is 4.27. The molecule has 4 rings (SSSR count). The van der Waals surface area contributed by atoms with Crippen molar-refractivity contribution in [3.05, 3.63) is 107 Å². The Morgan fingerprint density at radius 2 is 1.32 bits per heavy atom. The van der Waals surface area contributed by atoms with Crippen molar-refractivity contribution < 1.29 is 33.3 Å². The maximum atomic E-state index is 13.4. The number of piperidine rings is 1. The van der Waals surface area contributed by atoms with Crippen LogP contribution in [0.1, 0.15) is 61.3 Å². The van der Waals surface area contributed by atoms with Crippen LogP contribution in [0.2, 0.25) is 0 Å². The molecule has 3 aromatic rings. The Kier molecular flexibility index (Phi) is 12.2. The van der Waals surface area contributed by atoms with Gasteiger partial charge in [-0.25, -0.2) is 18.4 Å². The normalized spacial score (nSPS) is 14.8. The number of hydrogen-bond donors (Lipinski definition) is 2. The third-order valence-corrected chi connectivity index (χ3v) is 7.29. The molecule has 1 atom stereocenters. The standard InChI is InChI=1S/C30H35F2NO.C2H2O4/c1-23(25-5-3-2-4-6-25)15-19-33-20-16-24(17-21-33)18-22-34-30(26-7-11-28(31)12-8-26)27-9-13-29(32)14-10-27;3-1(4)2(5)6/h2-14,23-24,30H,15-22H2,1H3;(H,3,4)(H,5,6)/t23-;/m1./s1. The maximum Gasteiger partial charge on any atom is 0.414 e. The summed E-state index contributed by atoms with van der Waals surface area (Å²) >= 11 is 0. The highest BCUT2D eigenvalue weighted by atomic mass is 19.1. The number of likely N-dealkylation sites (tertiary alicyclic amines) is 1. The van der Waals surface area contributed by atoms with Gasteiger partial charge in [0, 0.05) is 6.61 Å². The van der Waals surface area contributed by atoms with E-state index in [4.69, 9.17) is 24.5 Å². The number of halogens is 2. The van der Waals surface area contributed by atoms with Gasteiger partial charge < -0.3 is 19.8 Å². The quantitative estimate of drug-likeness (QED) is 0.278. The van der Waals surface area contributed by atoms with E-state index in [0.717, 1.165) is 37.2 Å². The summed E-state index contributed by atoms with van der Waals surface area (Å²) in [5.74, 6) is -2.95. The summed E-state index contributed by atoms with van der Waals surface area (Å²) in [5, 5.41) is 14.8. The smallest absolute Gasteiger partial charge is 0.414 e. The van der Waals surface area contributed by atoms with Gasteiger partial charge in [0.1, 0.15) is 17.7 Å². The SMILES string of the molecule is C[C@H](CCN1CCC(CCOC(c2ccc(F)cc2)c2ccc(F)cc2)CC1)c1ccccc1.O=C(O)C(=O)O. The summed E-state index contributed by atoms with van der Waals surface area (Å²) in [5.41, 5.74) is 3.19. The summed E-state index contributed by atoms with van der Waals surface area (Å²) in [7, 11) is 0. The molecule has 1 fully saturated rings. The van der Waals surface area contributed by atoms with E-state index in [1.807, 2.05) is 0 Å². The average Bonchev–Trinajstić information content (AvgIpc) is 2.97. The van der Waals surface area contributed by atoms with E-state index in [2.05, 4.69) is 42.2 Å². The molecule has 0 bridgehead atoms. The van der Waals surface area contributed by atoms with Crippen molar-refractivity contribution >= 4 is 11.9 Å². The van der Waals surface area contributed by atoms with Crippen LogP contribution in [-0.2, 0) is 14.3 Å². The van der Waals surface area contributed by atoms with Gasteiger partial charge in [-0.1, -0.05) is 61.5 Å². The van der Waals surface area contributed by atoms with Gasteiger partial charge in [-0.05, 0) is 98.1 Å². The molecular weight excluding hydrogens is 516 g/mol. The zero-order valence-corrected chi connectivity index (χ0v) is 22.7. The Morgan fingerprint density at radius 1 is 0.825 bits per heavy atom. The number of benzene rings is 3. The third-order valence-electron chi connectivity index (χ3n) is 7.29. The first-order valence-corrected chi connectivity index (χ1v) is 13.6. The largest absolute Gasteiger partial charge is 0.473 e. The van der Waals surface area contributed by atoms with E-state index in [-0.39, 0.29) is 17.7 Å². The molecule has 1 saturated heterocycles.